The van der Waals surface area contributed by atoms with Crippen LogP contribution in [0.15, 0.2) is 30.5 Å². The molecule has 7 N–H and O–H groups in total. The summed E-state index contributed by atoms with van der Waals surface area (Å²) >= 11 is 0. The summed E-state index contributed by atoms with van der Waals surface area (Å²) in [4.78, 5) is 51.9. The zero-order valence-electron chi connectivity index (χ0n) is 18.5. The van der Waals surface area contributed by atoms with Gasteiger partial charge in [0.2, 0.25) is 17.7 Å². The normalized spacial score (nSPS) is 14.8. The molecule has 3 amide bonds. The van der Waals surface area contributed by atoms with Gasteiger partial charge in [-0.05, 0) is 24.5 Å². The summed E-state index contributed by atoms with van der Waals surface area (Å²) in [5.41, 5.74) is 7.10. The second kappa shape index (κ2) is 11.3. The zero-order valence-corrected chi connectivity index (χ0v) is 18.5. The van der Waals surface area contributed by atoms with Crippen LogP contribution in [0.1, 0.15) is 32.8 Å². The van der Waals surface area contributed by atoms with Crippen LogP contribution in [0.4, 0.5) is 0 Å². The van der Waals surface area contributed by atoms with E-state index in [-0.39, 0.29) is 18.9 Å². The number of rotatable bonds is 11. The molecule has 0 bridgehead atoms. The molecule has 1 aromatic heterocycles. The van der Waals surface area contributed by atoms with E-state index in [0.717, 1.165) is 16.5 Å². The number of hydrogen-bond donors (Lipinski definition) is 6. The van der Waals surface area contributed by atoms with E-state index in [2.05, 4.69) is 20.9 Å². The van der Waals surface area contributed by atoms with Gasteiger partial charge in [0, 0.05) is 23.5 Å². The smallest absolute Gasteiger partial charge is 0.326 e. The summed E-state index contributed by atoms with van der Waals surface area (Å²) < 4.78 is 0. The molecule has 174 valence electrons. The van der Waals surface area contributed by atoms with Gasteiger partial charge in [-0.1, -0.05) is 38.5 Å². The number of carboxylic acids is 1. The Hall–Kier alpha value is -3.40. The Labute approximate surface area is 186 Å². The number of para-hydroxylation sites is 1. The lowest BCUT2D eigenvalue weighted by Gasteiger charge is -2.24. The third-order valence-corrected chi connectivity index (χ3v) is 5.46. The Balaban J connectivity index is 2.12. The van der Waals surface area contributed by atoms with Crippen LogP contribution in [0.3, 0.4) is 0 Å². The Bertz CT molecular complexity index is 973. The summed E-state index contributed by atoms with van der Waals surface area (Å²) in [6.07, 6.45) is 2.51. The third kappa shape index (κ3) is 6.30. The molecule has 0 saturated carbocycles. The molecule has 32 heavy (non-hydrogen) atoms. The maximum absolute atomic E-state index is 12.9. The van der Waals surface area contributed by atoms with Crippen molar-refractivity contribution in [2.24, 2.45) is 11.7 Å². The van der Waals surface area contributed by atoms with Crippen LogP contribution < -0.4 is 21.7 Å². The van der Waals surface area contributed by atoms with Gasteiger partial charge in [0.25, 0.3) is 0 Å². The third-order valence-electron chi connectivity index (χ3n) is 5.46. The number of carboxylic acid groups (broad SMARTS) is 1. The number of hydrogen-bond acceptors (Lipinski definition) is 5. The van der Waals surface area contributed by atoms with E-state index >= 15 is 0 Å². The van der Waals surface area contributed by atoms with Gasteiger partial charge in [-0.15, -0.1) is 0 Å². The van der Waals surface area contributed by atoms with Crippen molar-refractivity contribution < 1.29 is 24.3 Å². The fourth-order valence-corrected chi connectivity index (χ4v) is 3.32. The Morgan fingerprint density at radius 3 is 2.38 bits per heavy atom. The molecule has 4 unspecified atom stereocenters. The van der Waals surface area contributed by atoms with Gasteiger partial charge < -0.3 is 31.8 Å². The minimum absolute atomic E-state index is 0.181. The topological polar surface area (TPSA) is 166 Å². The van der Waals surface area contributed by atoms with Crippen LogP contribution in [0.2, 0.25) is 0 Å². The number of fused-ring (bicyclic) bond motifs is 1. The first kappa shape index (κ1) is 24.9. The van der Waals surface area contributed by atoms with E-state index in [1.165, 1.54) is 6.92 Å². The number of benzene rings is 1. The maximum Gasteiger partial charge on any atom is 0.326 e. The maximum atomic E-state index is 12.9. The average molecular weight is 446 g/mol. The van der Waals surface area contributed by atoms with Crippen LogP contribution in [0.25, 0.3) is 10.9 Å². The zero-order chi connectivity index (χ0) is 23.8. The molecule has 0 radical (unpaired) electrons. The highest BCUT2D eigenvalue weighted by atomic mass is 16.4. The van der Waals surface area contributed by atoms with Crippen molar-refractivity contribution in [2.45, 2.75) is 51.7 Å². The summed E-state index contributed by atoms with van der Waals surface area (Å²) in [6, 6.07) is 4.51. The number of carbonyl (C=O) groups excluding carboxylic acids is 3. The summed E-state index contributed by atoms with van der Waals surface area (Å²) in [7, 11) is 0. The van der Waals surface area contributed by atoms with E-state index in [0.29, 0.717) is 6.42 Å². The van der Waals surface area contributed by atoms with E-state index in [4.69, 9.17) is 5.73 Å². The van der Waals surface area contributed by atoms with E-state index in [9.17, 15) is 24.3 Å². The van der Waals surface area contributed by atoms with Crippen molar-refractivity contribution in [1.82, 2.24) is 20.9 Å². The number of amides is 3. The largest absolute Gasteiger partial charge is 0.480 e. The molecule has 0 aliphatic carbocycles. The average Bonchev–Trinajstić information content (AvgIpc) is 3.18. The number of H-pyrrole nitrogens is 1. The predicted molar refractivity (Wildman–Crippen MR) is 120 cm³/mol. The van der Waals surface area contributed by atoms with Crippen molar-refractivity contribution in [3.8, 4) is 0 Å². The lowest BCUT2D eigenvalue weighted by Crippen LogP contribution is -2.56. The molecule has 1 heterocycles. The highest BCUT2D eigenvalue weighted by Gasteiger charge is 2.29. The van der Waals surface area contributed by atoms with Gasteiger partial charge in [-0.2, -0.15) is 0 Å². The summed E-state index contributed by atoms with van der Waals surface area (Å²) in [5, 5.41) is 17.9. The van der Waals surface area contributed by atoms with Crippen molar-refractivity contribution in [2.75, 3.05) is 6.54 Å². The molecule has 2 aromatic rings. The van der Waals surface area contributed by atoms with Gasteiger partial charge in [-0.25, -0.2) is 4.79 Å². The second-order valence-corrected chi connectivity index (χ2v) is 7.83. The lowest BCUT2D eigenvalue weighted by molar-refractivity contribution is -0.143. The van der Waals surface area contributed by atoms with Gasteiger partial charge in [0.1, 0.15) is 18.1 Å². The lowest BCUT2D eigenvalue weighted by atomic mass is 9.99. The SMILES string of the molecule is CCC(C)C(NC(=O)C(C)NC(=O)C(Cc1c[nH]c2ccccc12)NC(=O)CN)C(=O)O. The minimum Gasteiger partial charge on any atom is -0.480 e. The summed E-state index contributed by atoms with van der Waals surface area (Å²) in [6.45, 7) is 4.72. The Morgan fingerprint density at radius 1 is 1.06 bits per heavy atom. The molecule has 1 aromatic carbocycles. The van der Waals surface area contributed by atoms with Gasteiger partial charge in [-0.3, -0.25) is 14.4 Å². The highest BCUT2D eigenvalue weighted by molar-refractivity contribution is 5.94. The number of carbonyl (C=O) groups is 4. The quantitative estimate of drug-likeness (QED) is 0.290. The molecular formula is C22H31N5O5. The Morgan fingerprint density at radius 2 is 1.75 bits per heavy atom. The van der Waals surface area contributed by atoms with E-state index in [1.807, 2.05) is 31.2 Å². The van der Waals surface area contributed by atoms with Crippen LogP contribution in [0.5, 0.6) is 0 Å². The molecular weight excluding hydrogens is 414 g/mol. The van der Waals surface area contributed by atoms with Crippen molar-refractivity contribution in [1.29, 1.82) is 0 Å². The molecule has 0 spiro atoms. The monoisotopic (exact) mass is 445 g/mol. The van der Waals surface area contributed by atoms with Crippen LogP contribution in [-0.2, 0) is 25.6 Å². The van der Waals surface area contributed by atoms with Gasteiger partial charge in [0.15, 0.2) is 0 Å². The predicted octanol–water partition coefficient (Wildman–Crippen LogP) is 0.274. The van der Waals surface area contributed by atoms with Crippen molar-refractivity contribution in [3.63, 3.8) is 0 Å². The van der Waals surface area contributed by atoms with Crippen LogP contribution >= 0.6 is 0 Å². The van der Waals surface area contributed by atoms with Gasteiger partial charge >= 0.3 is 5.97 Å². The van der Waals surface area contributed by atoms with E-state index < -0.39 is 41.8 Å². The molecule has 0 saturated heterocycles. The highest BCUT2D eigenvalue weighted by Crippen LogP contribution is 2.19. The Kier molecular flexibility index (Phi) is 8.77. The number of aliphatic carboxylic acids is 1. The number of aromatic nitrogens is 1. The number of nitrogens with two attached hydrogens (primary N) is 1. The molecule has 0 aliphatic heterocycles. The molecule has 4 atom stereocenters. The molecule has 10 nitrogen and oxygen atoms in total. The first-order valence-corrected chi connectivity index (χ1v) is 10.6. The standard InChI is InChI=1S/C22H31N5O5/c1-4-12(2)19(22(31)32)27-20(29)13(3)25-21(30)17(26-18(28)10-23)9-14-11-24-16-8-6-5-7-15(14)16/h5-8,11-13,17,19,24H,4,9-10,23H2,1-3H3,(H,25,30)(H,26,28)(H,27,29)(H,31,32). The van der Waals surface area contributed by atoms with Crippen LogP contribution in [0, 0.1) is 5.92 Å². The molecule has 0 aliphatic rings. The second-order valence-electron chi connectivity index (χ2n) is 7.83. The van der Waals surface area contributed by atoms with Crippen LogP contribution in [-0.4, -0.2) is 58.5 Å². The first-order valence-electron chi connectivity index (χ1n) is 10.6. The minimum atomic E-state index is -1.14. The fraction of sp³-hybridized carbons (Fsp3) is 0.455. The summed E-state index contributed by atoms with van der Waals surface area (Å²) in [5.74, 6) is -3.13. The van der Waals surface area contributed by atoms with E-state index in [1.54, 1.807) is 13.1 Å². The molecule has 0 fully saturated rings. The fourth-order valence-electron chi connectivity index (χ4n) is 3.32. The first-order chi connectivity index (χ1) is 15.2. The number of nitrogens with one attached hydrogen (secondary N) is 4. The van der Waals surface area contributed by atoms with Gasteiger partial charge in [0.05, 0.1) is 6.54 Å². The van der Waals surface area contributed by atoms with Crippen molar-refractivity contribution >= 4 is 34.6 Å². The number of aromatic amines is 1. The molecule has 10 heteroatoms. The van der Waals surface area contributed by atoms with Crippen molar-refractivity contribution in [3.05, 3.63) is 36.0 Å². The molecule has 2 rings (SSSR count).